The van der Waals surface area contributed by atoms with E-state index in [1.54, 1.807) is 12.1 Å². The molecule has 1 aromatic rings. The zero-order chi connectivity index (χ0) is 12.7. The normalized spacial score (nSPS) is 10.2. The molecule has 0 heterocycles. The molecule has 4 heteroatoms. The summed E-state index contributed by atoms with van der Waals surface area (Å²) in [4.78, 5) is 11.5. The van der Waals surface area contributed by atoms with E-state index in [-0.39, 0.29) is 12.5 Å². The molecule has 0 aliphatic heterocycles. The molecule has 0 aliphatic rings. The van der Waals surface area contributed by atoms with Gasteiger partial charge in [0.25, 0.3) is 0 Å². The highest BCUT2D eigenvalue weighted by Crippen LogP contribution is 2.17. The maximum atomic E-state index is 11.5. The van der Waals surface area contributed by atoms with E-state index in [0.717, 1.165) is 24.1 Å². The van der Waals surface area contributed by atoms with Crippen LogP contribution in [-0.2, 0) is 9.53 Å². The maximum absolute atomic E-state index is 11.5. The van der Waals surface area contributed by atoms with Gasteiger partial charge in [-0.2, -0.15) is 0 Å². The Kier molecular flexibility index (Phi) is 5.49. The van der Waals surface area contributed by atoms with Gasteiger partial charge in [0.2, 0.25) is 5.91 Å². The Morgan fingerprint density at radius 1 is 1.47 bits per heavy atom. The molecule has 0 fully saturated rings. The van der Waals surface area contributed by atoms with E-state index < -0.39 is 0 Å². The third-order valence-corrected chi connectivity index (χ3v) is 2.40. The van der Waals surface area contributed by atoms with Crippen molar-refractivity contribution in [3.05, 3.63) is 23.8 Å². The van der Waals surface area contributed by atoms with E-state index in [2.05, 4.69) is 12.2 Å². The van der Waals surface area contributed by atoms with Gasteiger partial charge >= 0.3 is 0 Å². The molecule has 0 radical (unpaired) electrons. The lowest BCUT2D eigenvalue weighted by atomic mass is 10.2. The second kappa shape index (κ2) is 6.91. The third-order valence-electron chi connectivity index (χ3n) is 2.40. The zero-order valence-electron chi connectivity index (χ0n) is 10.5. The molecule has 0 saturated carbocycles. The zero-order valence-corrected chi connectivity index (χ0v) is 10.5. The Hall–Kier alpha value is -1.55. The van der Waals surface area contributed by atoms with Crippen molar-refractivity contribution in [3.63, 3.8) is 0 Å². The Morgan fingerprint density at radius 3 is 2.88 bits per heavy atom. The van der Waals surface area contributed by atoms with E-state index in [9.17, 15) is 4.79 Å². The molecular weight excluding hydrogens is 216 g/mol. The van der Waals surface area contributed by atoms with Crippen molar-refractivity contribution in [2.45, 2.75) is 26.7 Å². The van der Waals surface area contributed by atoms with Crippen LogP contribution in [0.5, 0.6) is 0 Å². The number of aryl methyl sites for hydroxylation is 1. The average molecular weight is 236 g/mol. The standard InChI is InChI=1S/C13H20N2O2/c1-3-4-7-17-9-13(16)15-12-6-5-11(14)8-10(12)2/h5-6,8H,3-4,7,9,14H2,1-2H3,(H,15,16). The van der Waals surface area contributed by atoms with Crippen molar-refractivity contribution >= 4 is 17.3 Å². The molecule has 94 valence electrons. The van der Waals surface area contributed by atoms with Gasteiger partial charge < -0.3 is 15.8 Å². The predicted molar refractivity (Wildman–Crippen MR) is 69.9 cm³/mol. The van der Waals surface area contributed by atoms with E-state index in [1.807, 2.05) is 13.0 Å². The average Bonchev–Trinajstić information content (AvgIpc) is 2.28. The molecule has 0 spiro atoms. The number of nitrogens with two attached hydrogens (primary N) is 1. The summed E-state index contributed by atoms with van der Waals surface area (Å²) < 4.78 is 5.23. The van der Waals surface area contributed by atoms with Crippen LogP contribution in [0.25, 0.3) is 0 Å². The highest BCUT2D eigenvalue weighted by molar-refractivity contribution is 5.92. The Bertz CT molecular complexity index is 378. The third kappa shape index (κ3) is 4.87. The van der Waals surface area contributed by atoms with Crippen LogP contribution in [0.3, 0.4) is 0 Å². The molecule has 0 bridgehead atoms. The quantitative estimate of drug-likeness (QED) is 0.588. The fraction of sp³-hybridized carbons (Fsp3) is 0.462. The number of nitrogen functional groups attached to an aromatic ring is 1. The Morgan fingerprint density at radius 2 is 2.24 bits per heavy atom. The number of carbonyl (C=O) groups excluding carboxylic acids is 1. The summed E-state index contributed by atoms with van der Waals surface area (Å²) in [5.41, 5.74) is 8.06. The van der Waals surface area contributed by atoms with Crippen molar-refractivity contribution in [3.8, 4) is 0 Å². The van der Waals surface area contributed by atoms with Crippen molar-refractivity contribution in [2.75, 3.05) is 24.3 Å². The Balaban J connectivity index is 2.40. The fourth-order valence-electron chi connectivity index (χ4n) is 1.42. The van der Waals surface area contributed by atoms with Crippen LogP contribution in [0.2, 0.25) is 0 Å². The van der Waals surface area contributed by atoms with Crippen LogP contribution in [-0.4, -0.2) is 19.1 Å². The van der Waals surface area contributed by atoms with Gasteiger partial charge in [-0.25, -0.2) is 0 Å². The minimum Gasteiger partial charge on any atom is -0.399 e. The van der Waals surface area contributed by atoms with Gasteiger partial charge in [0.05, 0.1) is 0 Å². The second-order valence-corrected chi connectivity index (χ2v) is 4.03. The van der Waals surface area contributed by atoms with Crippen molar-refractivity contribution in [1.82, 2.24) is 0 Å². The Labute approximate surface area is 102 Å². The summed E-state index contributed by atoms with van der Waals surface area (Å²) >= 11 is 0. The first kappa shape index (κ1) is 13.5. The number of hydrogen-bond donors (Lipinski definition) is 2. The number of amides is 1. The largest absolute Gasteiger partial charge is 0.399 e. The number of anilines is 2. The number of benzene rings is 1. The second-order valence-electron chi connectivity index (χ2n) is 4.03. The van der Waals surface area contributed by atoms with Crippen LogP contribution >= 0.6 is 0 Å². The highest BCUT2D eigenvalue weighted by Gasteiger charge is 2.04. The molecule has 1 aromatic carbocycles. The van der Waals surface area contributed by atoms with Crippen LogP contribution in [0.4, 0.5) is 11.4 Å². The number of rotatable bonds is 6. The number of nitrogens with one attached hydrogen (secondary N) is 1. The highest BCUT2D eigenvalue weighted by atomic mass is 16.5. The molecule has 1 rings (SSSR count). The molecule has 4 nitrogen and oxygen atoms in total. The molecule has 0 saturated heterocycles. The predicted octanol–water partition coefficient (Wildman–Crippen LogP) is 2.33. The van der Waals surface area contributed by atoms with Gasteiger partial charge in [-0.1, -0.05) is 13.3 Å². The molecule has 0 aliphatic carbocycles. The van der Waals surface area contributed by atoms with Gasteiger partial charge in [0.1, 0.15) is 6.61 Å². The topological polar surface area (TPSA) is 64.3 Å². The molecule has 0 atom stereocenters. The minimum atomic E-state index is -0.131. The smallest absolute Gasteiger partial charge is 0.250 e. The monoisotopic (exact) mass is 236 g/mol. The molecule has 17 heavy (non-hydrogen) atoms. The summed E-state index contributed by atoms with van der Waals surface area (Å²) in [6.45, 7) is 4.72. The SMILES string of the molecule is CCCCOCC(=O)Nc1ccc(N)cc1C. The van der Waals surface area contributed by atoms with Gasteiger partial charge in [-0.15, -0.1) is 0 Å². The first-order valence-corrected chi connectivity index (χ1v) is 5.87. The van der Waals surface area contributed by atoms with Crippen molar-refractivity contribution in [2.24, 2.45) is 0 Å². The van der Waals surface area contributed by atoms with Crippen LogP contribution < -0.4 is 11.1 Å². The lowest BCUT2D eigenvalue weighted by Gasteiger charge is -2.09. The number of ether oxygens (including phenoxy) is 1. The minimum absolute atomic E-state index is 0.101. The number of unbranched alkanes of at least 4 members (excludes halogenated alkanes) is 1. The molecule has 3 N–H and O–H groups in total. The number of hydrogen-bond acceptors (Lipinski definition) is 3. The first-order chi connectivity index (χ1) is 8.13. The van der Waals surface area contributed by atoms with E-state index in [1.165, 1.54) is 0 Å². The lowest BCUT2D eigenvalue weighted by molar-refractivity contribution is -0.120. The van der Waals surface area contributed by atoms with Gasteiger partial charge in [-0.3, -0.25) is 4.79 Å². The lowest BCUT2D eigenvalue weighted by Crippen LogP contribution is -2.19. The summed E-state index contributed by atoms with van der Waals surface area (Å²) in [7, 11) is 0. The molecule has 1 amide bonds. The summed E-state index contributed by atoms with van der Waals surface area (Å²) in [6.07, 6.45) is 2.05. The first-order valence-electron chi connectivity index (χ1n) is 5.87. The van der Waals surface area contributed by atoms with Crippen LogP contribution in [0.15, 0.2) is 18.2 Å². The van der Waals surface area contributed by atoms with E-state index in [0.29, 0.717) is 12.3 Å². The molecular formula is C13H20N2O2. The summed E-state index contributed by atoms with van der Waals surface area (Å²) in [6, 6.07) is 5.39. The van der Waals surface area contributed by atoms with Gasteiger partial charge in [0, 0.05) is 18.0 Å². The number of carbonyl (C=O) groups is 1. The van der Waals surface area contributed by atoms with E-state index >= 15 is 0 Å². The van der Waals surface area contributed by atoms with Gasteiger partial charge in [0.15, 0.2) is 0 Å². The molecule has 0 unspecified atom stereocenters. The van der Waals surface area contributed by atoms with Crippen molar-refractivity contribution in [1.29, 1.82) is 0 Å². The maximum Gasteiger partial charge on any atom is 0.250 e. The van der Waals surface area contributed by atoms with Gasteiger partial charge in [-0.05, 0) is 37.1 Å². The van der Waals surface area contributed by atoms with E-state index in [4.69, 9.17) is 10.5 Å². The fourth-order valence-corrected chi connectivity index (χ4v) is 1.42. The van der Waals surface area contributed by atoms with Crippen molar-refractivity contribution < 1.29 is 9.53 Å². The summed E-state index contributed by atoms with van der Waals surface area (Å²) in [5.74, 6) is -0.131. The summed E-state index contributed by atoms with van der Waals surface area (Å²) in [5, 5.41) is 2.79. The molecule has 0 aromatic heterocycles. The van der Waals surface area contributed by atoms with Crippen LogP contribution in [0, 0.1) is 6.92 Å². The van der Waals surface area contributed by atoms with Crippen LogP contribution in [0.1, 0.15) is 25.3 Å².